The summed E-state index contributed by atoms with van der Waals surface area (Å²) in [4.78, 5) is 1.22. The van der Waals surface area contributed by atoms with Gasteiger partial charge in [0, 0.05) is 37.9 Å². The first-order valence-corrected chi connectivity index (χ1v) is 9.89. The van der Waals surface area contributed by atoms with E-state index in [2.05, 4.69) is 5.32 Å². The smallest absolute Gasteiger partial charge is 0.246 e. The Bertz CT molecular complexity index is 944. The van der Waals surface area contributed by atoms with E-state index in [4.69, 9.17) is 12.2 Å². The molecule has 144 valence electrons. The van der Waals surface area contributed by atoms with Gasteiger partial charge in [-0.05, 0) is 48.6 Å². The summed E-state index contributed by atoms with van der Waals surface area (Å²) in [6.07, 6.45) is 0. The van der Waals surface area contributed by atoms with Crippen LogP contribution < -0.4 is 5.32 Å². The van der Waals surface area contributed by atoms with Crippen molar-refractivity contribution in [2.75, 3.05) is 31.5 Å². The maximum atomic E-state index is 13.9. The zero-order valence-electron chi connectivity index (χ0n) is 14.0. The summed E-state index contributed by atoms with van der Waals surface area (Å²) < 4.78 is 66.1. The van der Waals surface area contributed by atoms with Crippen LogP contribution in [0.25, 0.3) is 0 Å². The molecule has 0 radical (unpaired) electrons. The minimum absolute atomic E-state index is 0.102. The summed E-state index contributed by atoms with van der Waals surface area (Å²) in [5.74, 6) is -2.32. The van der Waals surface area contributed by atoms with Crippen LogP contribution in [0.2, 0.25) is 0 Å². The summed E-state index contributed by atoms with van der Waals surface area (Å²) in [5, 5.41) is 3.34. The highest BCUT2D eigenvalue weighted by Crippen LogP contribution is 2.21. The van der Waals surface area contributed by atoms with Crippen molar-refractivity contribution >= 4 is 33.0 Å². The molecule has 0 aromatic heterocycles. The number of sulfonamides is 1. The Morgan fingerprint density at radius 2 is 1.52 bits per heavy atom. The van der Waals surface area contributed by atoms with Gasteiger partial charge in [0.15, 0.2) is 5.11 Å². The zero-order chi connectivity index (χ0) is 19.6. The van der Waals surface area contributed by atoms with E-state index in [0.29, 0.717) is 30.0 Å². The minimum Gasteiger partial charge on any atom is -0.346 e. The average Bonchev–Trinajstić information content (AvgIpc) is 2.63. The van der Waals surface area contributed by atoms with Crippen LogP contribution in [0, 0.1) is 17.5 Å². The Kier molecular flexibility index (Phi) is 5.68. The molecule has 1 aliphatic rings. The monoisotopic (exact) mass is 415 g/mol. The molecule has 0 aliphatic carbocycles. The molecule has 1 saturated heterocycles. The number of anilines is 1. The number of piperazine rings is 1. The van der Waals surface area contributed by atoms with E-state index >= 15 is 0 Å². The second-order valence-electron chi connectivity index (χ2n) is 5.90. The second kappa shape index (κ2) is 7.83. The summed E-state index contributed by atoms with van der Waals surface area (Å²) in [7, 11) is -4.06. The Morgan fingerprint density at radius 3 is 2.11 bits per heavy atom. The molecule has 1 aliphatic heterocycles. The third kappa shape index (κ3) is 4.40. The topological polar surface area (TPSA) is 52.7 Å². The van der Waals surface area contributed by atoms with Crippen LogP contribution in [0.5, 0.6) is 0 Å². The van der Waals surface area contributed by atoms with Crippen molar-refractivity contribution < 1.29 is 21.6 Å². The van der Waals surface area contributed by atoms with Gasteiger partial charge in [-0.2, -0.15) is 4.31 Å². The second-order valence-corrected chi connectivity index (χ2v) is 8.20. The molecular formula is C17H16F3N3O2S2. The Morgan fingerprint density at radius 1 is 0.926 bits per heavy atom. The van der Waals surface area contributed by atoms with Crippen LogP contribution in [0.4, 0.5) is 18.9 Å². The lowest BCUT2D eigenvalue weighted by atomic mass is 10.3. The molecule has 0 bridgehead atoms. The molecule has 10 heteroatoms. The highest BCUT2D eigenvalue weighted by Gasteiger charge is 2.31. The van der Waals surface area contributed by atoms with Gasteiger partial charge >= 0.3 is 0 Å². The molecule has 1 heterocycles. The molecule has 0 atom stereocenters. The fourth-order valence-corrected chi connectivity index (χ4v) is 4.46. The van der Waals surface area contributed by atoms with Crippen molar-refractivity contribution in [2.45, 2.75) is 4.90 Å². The fraction of sp³-hybridized carbons (Fsp3) is 0.235. The third-order valence-electron chi connectivity index (χ3n) is 4.13. The van der Waals surface area contributed by atoms with Crippen molar-refractivity contribution in [3.05, 3.63) is 59.9 Å². The van der Waals surface area contributed by atoms with Gasteiger partial charge in [0.25, 0.3) is 0 Å². The highest BCUT2D eigenvalue weighted by atomic mass is 32.2. The van der Waals surface area contributed by atoms with Crippen molar-refractivity contribution in [3.8, 4) is 0 Å². The number of halogens is 3. The number of hydrogen-bond donors (Lipinski definition) is 1. The molecule has 1 fully saturated rings. The van der Waals surface area contributed by atoms with E-state index < -0.39 is 26.6 Å². The number of hydrogen-bond acceptors (Lipinski definition) is 3. The normalized spacial score (nSPS) is 15.6. The van der Waals surface area contributed by atoms with Crippen LogP contribution >= 0.6 is 12.2 Å². The maximum Gasteiger partial charge on any atom is 0.246 e. The molecule has 2 aromatic rings. The lowest BCUT2D eigenvalue weighted by molar-refractivity contribution is 0.268. The molecule has 0 amide bonds. The first-order chi connectivity index (χ1) is 12.8. The highest BCUT2D eigenvalue weighted by molar-refractivity contribution is 7.89. The van der Waals surface area contributed by atoms with E-state index in [1.807, 2.05) is 0 Å². The fourth-order valence-electron chi connectivity index (χ4n) is 2.69. The number of nitrogens with zero attached hydrogens (tertiary/aromatic N) is 2. The molecular weight excluding hydrogens is 399 g/mol. The first kappa shape index (κ1) is 19.6. The van der Waals surface area contributed by atoms with E-state index in [-0.39, 0.29) is 18.9 Å². The van der Waals surface area contributed by atoms with Gasteiger partial charge in [0.2, 0.25) is 10.0 Å². The van der Waals surface area contributed by atoms with Gasteiger partial charge in [-0.15, -0.1) is 0 Å². The third-order valence-corrected chi connectivity index (χ3v) is 6.43. The van der Waals surface area contributed by atoms with Crippen LogP contribution in [0.3, 0.4) is 0 Å². The summed E-state index contributed by atoms with van der Waals surface area (Å²) in [6, 6.07) is 8.06. The predicted molar refractivity (Wildman–Crippen MR) is 99.3 cm³/mol. The minimum atomic E-state index is -4.06. The predicted octanol–water partition coefficient (Wildman–Crippen LogP) is 2.81. The van der Waals surface area contributed by atoms with Crippen LogP contribution in [0.15, 0.2) is 47.4 Å². The van der Waals surface area contributed by atoms with Gasteiger partial charge in [-0.1, -0.05) is 0 Å². The first-order valence-electron chi connectivity index (χ1n) is 8.04. The van der Waals surface area contributed by atoms with E-state index in [9.17, 15) is 21.6 Å². The Hall–Kier alpha value is -2.17. The van der Waals surface area contributed by atoms with Crippen molar-refractivity contribution in [1.29, 1.82) is 0 Å². The maximum absolute atomic E-state index is 13.9. The van der Waals surface area contributed by atoms with E-state index in [1.54, 1.807) is 17.0 Å². The molecule has 0 saturated carbocycles. The number of nitrogens with one attached hydrogen (secondary N) is 1. The van der Waals surface area contributed by atoms with Crippen LogP contribution in [-0.2, 0) is 10.0 Å². The van der Waals surface area contributed by atoms with Gasteiger partial charge < -0.3 is 10.2 Å². The molecule has 5 nitrogen and oxygen atoms in total. The van der Waals surface area contributed by atoms with Gasteiger partial charge in [-0.25, -0.2) is 21.6 Å². The van der Waals surface area contributed by atoms with E-state index in [0.717, 1.165) is 16.4 Å². The van der Waals surface area contributed by atoms with Crippen LogP contribution in [-0.4, -0.2) is 48.9 Å². The number of benzene rings is 2. The number of thiocarbonyl (C=S) groups is 1. The molecule has 0 unspecified atom stereocenters. The lowest BCUT2D eigenvalue weighted by Gasteiger charge is -2.35. The SMILES string of the molecule is O=S(=O)(c1ccc(F)cc1F)N1CCN(C(=S)Nc2ccc(F)cc2)CC1. The van der Waals surface area contributed by atoms with Gasteiger partial charge in [0.05, 0.1) is 0 Å². The standard InChI is InChI=1S/C17H16F3N3O2S2/c18-12-1-4-14(5-2-12)21-17(26)22-7-9-23(10-8-22)27(24,25)16-6-3-13(19)11-15(16)20/h1-6,11H,7-10H2,(H,21,26). The molecule has 1 N–H and O–H groups in total. The Labute approximate surface area is 160 Å². The van der Waals surface area contributed by atoms with Crippen molar-refractivity contribution in [1.82, 2.24) is 9.21 Å². The van der Waals surface area contributed by atoms with Gasteiger partial charge in [-0.3, -0.25) is 0 Å². The Balaban J connectivity index is 1.64. The number of rotatable bonds is 3. The zero-order valence-corrected chi connectivity index (χ0v) is 15.7. The van der Waals surface area contributed by atoms with Crippen LogP contribution in [0.1, 0.15) is 0 Å². The van der Waals surface area contributed by atoms with Crippen molar-refractivity contribution in [3.63, 3.8) is 0 Å². The average molecular weight is 415 g/mol. The lowest BCUT2D eigenvalue weighted by Crippen LogP contribution is -2.51. The van der Waals surface area contributed by atoms with Crippen molar-refractivity contribution in [2.24, 2.45) is 0 Å². The summed E-state index contributed by atoms with van der Waals surface area (Å²) in [5.41, 5.74) is 0.616. The largest absolute Gasteiger partial charge is 0.346 e. The van der Waals surface area contributed by atoms with Gasteiger partial charge in [0.1, 0.15) is 22.3 Å². The molecule has 2 aromatic carbocycles. The molecule has 3 rings (SSSR count). The summed E-state index contributed by atoms with van der Waals surface area (Å²) >= 11 is 5.30. The molecule has 27 heavy (non-hydrogen) atoms. The quantitative estimate of drug-likeness (QED) is 0.782. The summed E-state index contributed by atoms with van der Waals surface area (Å²) in [6.45, 7) is 0.804. The molecule has 0 spiro atoms. The van der Waals surface area contributed by atoms with E-state index in [1.165, 1.54) is 12.1 Å².